The lowest BCUT2D eigenvalue weighted by Gasteiger charge is -2.26. The lowest BCUT2D eigenvalue weighted by atomic mass is 10.2. The molecule has 1 rings (SSSR count). The van der Waals surface area contributed by atoms with Crippen LogP contribution in [0.1, 0.15) is 13.3 Å². The number of halogens is 1. The molecule has 0 aliphatic heterocycles. The average Bonchev–Trinajstić information content (AvgIpc) is 2.29. The van der Waals surface area contributed by atoms with Crippen LogP contribution in [0, 0.1) is 0 Å². The van der Waals surface area contributed by atoms with E-state index in [0.717, 1.165) is 6.42 Å². The number of hydrogen-bond donors (Lipinski definition) is 1. The van der Waals surface area contributed by atoms with Crippen LogP contribution < -0.4 is 15.4 Å². The average molecular weight is 245 g/mol. The van der Waals surface area contributed by atoms with Gasteiger partial charge in [0.2, 0.25) is 0 Å². The largest absolute Gasteiger partial charge is 0.467 e. The van der Waals surface area contributed by atoms with E-state index < -0.39 is 0 Å². The number of nitrogens with two attached hydrogens (primary N) is 1. The summed E-state index contributed by atoms with van der Waals surface area (Å²) in [6, 6.07) is 0.577. The van der Waals surface area contributed by atoms with Crippen molar-refractivity contribution < 1.29 is 4.74 Å². The van der Waals surface area contributed by atoms with Crippen LogP contribution in [0.25, 0.3) is 0 Å². The minimum absolute atomic E-state index is 0.266. The van der Waals surface area contributed by atoms with E-state index in [1.807, 2.05) is 11.9 Å². The van der Waals surface area contributed by atoms with E-state index in [-0.39, 0.29) is 6.04 Å². The van der Waals surface area contributed by atoms with Gasteiger partial charge in [-0.05, 0) is 19.9 Å². The SMILES string of the molecule is COc1ncc(Cl)c(N(C)C(C)CCN)n1. The standard InChI is InChI=1S/C10H17ClN4O/c1-7(4-5-12)15(2)9-8(11)6-13-10(14-9)16-3/h6-7H,4-5,12H2,1-3H3. The second-order valence-electron chi connectivity index (χ2n) is 3.57. The van der Waals surface area contributed by atoms with Gasteiger partial charge < -0.3 is 15.4 Å². The smallest absolute Gasteiger partial charge is 0.318 e. The second-order valence-corrected chi connectivity index (χ2v) is 3.97. The predicted octanol–water partition coefficient (Wildman–Crippen LogP) is 1.31. The molecule has 0 bridgehead atoms. The van der Waals surface area contributed by atoms with Crippen molar-refractivity contribution in [3.8, 4) is 6.01 Å². The summed E-state index contributed by atoms with van der Waals surface area (Å²) >= 11 is 6.04. The Balaban J connectivity index is 2.92. The van der Waals surface area contributed by atoms with Crippen molar-refractivity contribution in [2.45, 2.75) is 19.4 Å². The summed E-state index contributed by atoms with van der Waals surface area (Å²) in [4.78, 5) is 10.1. The molecule has 0 aliphatic carbocycles. The normalized spacial score (nSPS) is 12.3. The topological polar surface area (TPSA) is 64.3 Å². The quantitative estimate of drug-likeness (QED) is 0.846. The molecule has 0 saturated heterocycles. The Hall–Kier alpha value is -1.07. The van der Waals surface area contributed by atoms with Crippen molar-refractivity contribution in [3.63, 3.8) is 0 Å². The minimum atomic E-state index is 0.266. The zero-order valence-corrected chi connectivity index (χ0v) is 10.5. The maximum atomic E-state index is 6.04. The lowest BCUT2D eigenvalue weighted by Crippen LogP contribution is -2.31. The van der Waals surface area contributed by atoms with Crippen LogP contribution in [0.15, 0.2) is 6.20 Å². The van der Waals surface area contributed by atoms with Gasteiger partial charge in [-0.3, -0.25) is 0 Å². The second kappa shape index (κ2) is 5.86. The molecule has 1 unspecified atom stereocenters. The first-order chi connectivity index (χ1) is 7.60. The molecular weight excluding hydrogens is 228 g/mol. The first-order valence-electron chi connectivity index (χ1n) is 5.09. The van der Waals surface area contributed by atoms with E-state index in [1.165, 1.54) is 13.3 Å². The number of rotatable bonds is 5. The fourth-order valence-corrected chi connectivity index (χ4v) is 1.56. The Morgan fingerprint density at radius 2 is 2.31 bits per heavy atom. The highest BCUT2D eigenvalue weighted by atomic mass is 35.5. The summed E-state index contributed by atoms with van der Waals surface area (Å²) < 4.78 is 4.97. The Morgan fingerprint density at radius 1 is 1.62 bits per heavy atom. The van der Waals surface area contributed by atoms with E-state index in [0.29, 0.717) is 23.4 Å². The summed E-state index contributed by atoms with van der Waals surface area (Å²) in [5, 5.41) is 0.507. The van der Waals surface area contributed by atoms with E-state index >= 15 is 0 Å². The van der Waals surface area contributed by atoms with E-state index in [9.17, 15) is 0 Å². The molecule has 1 aromatic heterocycles. The Morgan fingerprint density at radius 3 is 2.88 bits per heavy atom. The van der Waals surface area contributed by atoms with Crippen LogP contribution in [-0.4, -0.2) is 36.7 Å². The molecule has 16 heavy (non-hydrogen) atoms. The van der Waals surface area contributed by atoms with Crippen molar-refractivity contribution >= 4 is 17.4 Å². The molecule has 0 amide bonds. The van der Waals surface area contributed by atoms with Gasteiger partial charge in [0.1, 0.15) is 5.02 Å². The molecular formula is C10H17ClN4O. The fourth-order valence-electron chi connectivity index (χ4n) is 1.33. The molecule has 2 N–H and O–H groups in total. The van der Waals surface area contributed by atoms with Gasteiger partial charge in [0.15, 0.2) is 5.82 Å². The third kappa shape index (κ3) is 2.96. The number of hydrogen-bond acceptors (Lipinski definition) is 5. The van der Waals surface area contributed by atoms with E-state index in [2.05, 4.69) is 16.9 Å². The number of anilines is 1. The lowest BCUT2D eigenvalue weighted by molar-refractivity contribution is 0.379. The predicted molar refractivity (Wildman–Crippen MR) is 65.1 cm³/mol. The van der Waals surface area contributed by atoms with Gasteiger partial charge in [-0.1, -0.05) is 11.6 Å². The van der Waals surface area contributed by atoms with Gasteiger partial charge >= 0.3 is 6.01 Å². The van der Waals surface area contributed by atoms with Crippen LogP contribution >= 0.6 is 11.6 Å². The van der Waals surface area contributed by atoms with Gasteiger partial charge in [-0.25, -0.2) is 4.98 Å². The van der Waals surface area contributed by atoms with Crippen LogP contribution in [0.5, 0.6) is 6.01 Å². The molecule has 5 nitrogen and oxygen atoms in total. The van der Waals surface area contributed by atoms with Gasteiger partial charge in [0.05, 0.1) is 13.3 Å². The Bertz CT molecular complexity index is 348. The third-order valence-electron chi connectivity index (χ3n) is 2.47. The maximum Gasteiger partial charge on any atom is 0.318 e. The molecule has 0 fully saturated rings. The van der Waals surface area contributed by atoms with Gasteiger partial charge in [-0.15, -0.1) is 0 Å². The highest BCUT2D eigenvalue weighted by molar-refractivity contribution is 6.32. The van der Waals surface area contributed by atoms with E-state index in [1.54, 1.807) is 0 Å². The zero-order chi connectivity index (χ0) is 12.1. The summed E-state index contributed by atoms with van der Waals surface area (Å²) in [5.74, 6) is 0.662. The molecule has 0 spiro atoms. The van der Waals surface area contributed by atoms with Crippen LogP contribution in [0.4, 0.5) is 5.82 Å². The molecule has 1 heterocycles. The zero-order valence-electron chi connectivity index (χ0n) is 9.77. The van der Waals surface area contributed by atoms with E-state index in [4.69, 9.17) is 22.1 Å². The summed E-state index contributed by atoms with van der Waals surface area (Å²) in [5.41, 5.74) is 5.52. The molecule has 0 saturated carbocycles. The minimum Gasteiger partial charge on any atom is -0.467 e. The molecule has 1 atom stereocenters. The van der Waals surface area contributed by atoms with Crippen molar-refractivity contribution in [3.05, 3.63) is 11.2 Å². The van der Waals surface area contributed by atoms with Crippen molar-refractivity contribution in [1.29, 1.82) is 0 Å². The van der Waals surface area contributed by atoms with Crippen molar-refractivity contribution in [1.82, 2.24) is 9.97 Å². The van der Waals surface area contributed by atoms with Crippen molar-refractivity contribution in [2.75, 3.05) is 25.6 Å². The Labute approximate surface area is 101 Å². The molecule has 0 aliphatic rings. The van der Waals surface area contributed by atoms with Gasteiger partial charge in [0.25, 0.3) is 0 Å². The molecule has 6 heteroatoms. The molecule has 0 radical (unpaired) electrons. The number of methoxy groups -OCH3 is 1. The van der Waals surface area contributed by atoms with Crippen LogP contribution in [0.3, 0.4) is 0 Å². The molecule has 1 aromatic rings. The van der Waals surface area contributed by atoms with Gasteiger partial charge in [0, 0.05) is 13.1 Å². The fraction of sp³-hybridized carbons (Fsp3) is 0.600. The third-order valence-corrected chi connectivity index (χ3v) is 2.73. The van der Waals surface area contributed by atoms with Gasteiger partial charge in [-0.2, -0.15) is 4.98 Å². The van der Waals surface area contributed by atoms with Crippen LogP contribution in [0.2, 0.25) is 5.02 Å². The first-order valence-corrected chi connectivity index (χ1v) is 5.47. The first kappa shape index (κ1) is 13.0. The van der Waals surface area contributed by atoms with Crippen molar-refractivity contribution in [2.24, 2.45) is 5.73 Å². The Kier molecular flexibility index (Phi) is 4.76. The summed E-state index contributed by atoms with van der Waals surface area (Å²) in [6.07, 6.45) is 2.41. The summed E-state index contributed by atoms with van der Waals surface area (Å²) in [6.45, 7) is 2.70. The number of nitrogens with zero attached hydrogens (tertiary/aromatic N) is 3. The number of aromatic nitrogens is 2. The molecule has 90 valence electrons. The van der Waals surface area contributed by atoms with Crippen LogP contribution in [-0.2, 0) is 0 Å². The molecule has 0 aromatic carbocycles. The highest BCUT2D eigenvalue weighted by Crippen LogP contribution is 2.25. The highest BCUT2D eigenvalue weighted by Gasteiger charge is 2.15. The number of ether oxygens (including phenoxy) is 1. The summed E-state index contributed by atoms with van der Waals surface area (Å²) in [7, 11) is 3.45. The monoisotopic (exact) mass is 244 g/mol. The maximum absolute atomic E-state index is 6.04.